The molecule has 0 unspecified atom stereocenters. The number of anilines is 1. The molecule has 1 heterocycles. The highest BCUT2D eigenvalue weighted by molar-refractivity contribution is 7.92. The van der Waals surface area contributed by atoms with Crippen LogP contribution in [0.5, 0.6) is 0 Å². The number of nitrogens with one attached hydrogen (secondary N) is 1. The minimum Gasteiger partial charge on any atom is -0.246 e. The van der Waals surface area contributed by atoms with Crippen LogP contribution in [-0.4, -0.2) is 23.2 Å². The molecule has 3 rings (SSSR count). The molecule has 24 heavy (non-hydrogen) atoms. The zero-order valence-corrected chi connectivity index (χ0v) is 13.0. The van der Waals surface area contributed by atoms with Gasteiger partial charge in [-0.05, 0) is 30.3 Å². The number of nitrogens with zero attached hydrogens (tertiary/aromatic N) is 3. The Balaban J connectivity index is 1.76. The second-order valence-electron chi connectivity index (χ2n) is 4.92. The van der Waals surface area contributed by atoms with Crippen LogP contribution in [0.1, 0.15) is 5.56 Å². The maximum Gasteiger partial charge on any atom is 0.264 e. The Morgan fingerprint density at radius 3 is 2.46 bits per heavy atom. The normalized spacial score (nSPS) is 11.4. The topological polar surface area (TPSA) is 76.9 Å². The average molecular weight is 350 g/mol. The second-order valence-corrected chi connectivity index (χ2v) is 6.60. The van der Waals surface area contributed by atoms with Crippen molar-refractivity contribution in [1.82, 2.24) is 14.8 Å². The molecule has 2 aromatic carbocycles. The van der Waals surface area contributed by atoms with Gasteiger partial charge in [0.2, 0.25) is 0 Å². The minimum atomic E-state index is -3.93. The third kappa shape index (κ3) is 3.57. The van der Waals surface area contributed by atoms with Gasteiger partial charge in [0, 0.05) is 5.56 Å². The molecule has 0 aliphatic heterocycles. The van der Waals surface area contributed by atoms with Crippen molar-refractivity contribution in [3.63, 3.8) is 0 Å². The summed E-state index contributed by atoms with van der Waals surface area (Å²) in [5.41, 5.74) is 0.398. The largest absolute Gasteiger partial charge is 0.264 e. The number of halogens is 2. The fraction of sp³-hybridized carbons (Fsp3) is 0.0667. The molecular formula is C15H12F2N4O2S. The predicted octanol–water partition coefficient (Wildman–Crippen LogP) is 2.41. The van der Waals surface area contributed by atoms with Gasteiger partial charge in [-0.25, -0.2) is 26.6 Å². The van der Waals surface area contributed by atoms with Crippen molar-refractivity contribution in [3.8, 4) is 0 Å². The Morgan fingerprint density at radius 1 is 1.04 bits per heavy atom. The summed E-state index contributed by atoms with van der Waals surface area (Å²) >= 11 is 0. The summed E-state index contributed by atoms with van der Waals surface area (Å²) in [5, 5.41) is 3.95. The molecular weight excluding hydrogens is 338 g/mol. The van der Waals surface area contributed by atoms with Crippen molar-refractivity contribution >= 4 is 16.0 Å². The van der Waals surface area contributed by atoms with Crippen molar-refractivity contribution in [2.45, 2.75) is 11.4 Å². The van der Waals surface area contributed by atoms with E-state index in [2.05, 4.69) is 14.8 Å². The fourth-order valence-corrected chi connectivity index (χ4v) is 2.96. The first kappa shape index (κ1) is 16.1. The molecule has 6 nitrogen and oxygen atoms in total. The van der Waals surface area contributed by atoms with Crippen LogP contribution < -0.4 is 4.72 Å². The van der Waals surface area contributed by atoms with Gasteiger partial charge in [0.05, 0.1) is 11.4 Å². The lowest BCUT2D eigenvalue weighted by atomic mass is 10.2. The Labute approximate surface area is 136 Å². The second kappa shape index (κ2) is 6.36. The third-order valence-corrected chi connectivity index (χ3v) is 4.52. The fourth-order valence-electron chi connectivity index (χ4n) is 2.01. The molecule has 0 radical (unpaired) electrons. The van der Waals surface area contributed by atoms with Gasteiger partial charge < -0.3 is 0 Å². The van der Waals surface area contributed by atoms with Gasteiger partial charge in [0.15, 0.2) is 0 Å². The van der Waals surface area contributed by atoms with Gasteiger partial charge in [0.1, 0.15) is 18.0 Å². The molecule has 0 atom stereocenters. The van der Waals surface area contributed by atoms with E-state index in [0.717, 1.165) is 24.3 Å². The van der Waals surface area contributed by atoms with Crippen LogP contribution in [0.3, 0.4) is 0 Å². The Hall–Kier alpha value is -2.81. The summed E-state index contributed by atoms with van der Waals surface area (Å²) in [6.45, 7) is 0.109. The van der Waals surface area contributed by atoms with Gasteiger partial charge in [-0.1, -0.05) is 18.2 Å². The highest BCUT2D eigenvalue weighted by Crippen LogP contribution is 2.14. The molecule has 124 valence electrons. The van der Waals surface area contributed by atoms with Crippen LogP contribution >= 0.6 is 0 Å². The highest BCUT2D eigenvalue weighted by Gasteiger charge is 2.16. The van der Waals surface area contributed by atoms with Crippen LogP contribution in [0, 0.1) is 11.6 Å². The van der Waals surface area contributed by atoms with Crippen LogP contribution in [0.25, 0.3) is 0 Å². The lowest BCUT2D eigenvalue weighted by molar-refractivity contribution is 0.584. The molecule has 1 N–H and O–H groups in total. The van der Waals surface area contributed by atoms with Crippen LogP contribution in [-0.2, 0) is 16.6 Å². The monoisotopic (exact) mass is 350 g/mol. The molecule has 9 heteroatoms. The number of benzene rings is 2. The lowest BCUT2D eigenvalue weighted by Crippen LogP contribution is -2.14. The summed E-state index contributed by atoms with van der Waals surface area (Å²) < 4.78 is 54.3. The predicted molar refractivity (Wildman–Crippen MR) is 82.7 cm³/mol. The molecule has 0 aliphatic rings. The number of aromatic nitrogens is 3. The molecule has 0 saturated carbocycles. The SMILES string of the molecule is O=S(=O)(Nc1ncn(Cc2ccccc2F)n1)c1ccc(F)cc1. The Kier molecular flexibility index (Phi) is 4.26. The first-order chi connectivity index (χ1) is 11.4. The van der Waals surface area contributed by atoms with Crippen molar-refractivity contribution in [2.75, 3.05) is 4.72 Å². The molecule has 0 bridgehead atoms. The standard InChI is InChI=1S/C15H12F2N4O2S/c16-12-5-7-13(8-6-12)24(22,23)20-15-18-10-21(19-15)9-11-3-1-2-4-14(11)17/h1-8,10H,9H2,(H,19,20). The maximum atomic E-state index is 13.6. The van der Waals surface area contributed by atoms with Gasteiger partial charge in [-0.3, -0.25) is 0 Å². The summed E-state index contributed by atoms with van der Waals surface area (Å²) in [5.74, 6) is -1.08. The number of hydrogen-bond donors (Lipinski definition) is 1. The number of rotatable bonds is 5. The molecule has 0 spiro atoms. The quantitative estimate of drug-likeness (QED) is 0.767. The van der Waals surface area contributed by atoms with E-state index < -0.39 is 15.8 Å². The van der Waals surface area contributed by atoms with Crippen LogP contribution in [0.2, 0.25) is 0 Å². The minimum absolute atomic E-state index is 0.109. The van der Waals surface area contributed by atoms with E-state index in [4.69, 9.17) is 0 Å². The number of hydrogen-bond acceptors (Lipinski definition) is 4. The van der Waals surface area contributed by atoms with Gasteiger partial charge in [0.25, 0.3) is 16.0 Å². The molecule has 0 aliphatic carbocycles. The molecule has 3 aromatic rings. The van der Waals surface area contributed by atoms with Crippen molar-refractivity contribution in [1.29, 1.82) is 0 Å². The van der Waals surface area contributed by atoms with E-state index in [1.54, 1.807) is 18.2 Å². The molecule has 1 aromatic heterocycles. The first-order valence-electron chi connectivity index (χ1n) is 6.85. The summed E-state index contributed by atoms with van der Waals surface area (Å²) in [4.78, 5) is 3.72. The van der Waals surface area contributed by atoms with E-state index in [-0.39, 0.29) is 23.2 Å². The van der Waals surface area contributed by atoms with Crippen molar-refractivity contribution in [3.05, 3.63) is 72.1 Å². The molecule has 0 amide bonds. The van der Waals surface area contributed by atoms with E-state index in [1.807, 2.05) is 0 Å². The van der Waals surface area contributed by atoms with Gasteiger partial charge >= 0.3 is 0 Å². The Morgan fingerprint density at radius 2 is 1.75 bits per heavy atom. The maximum absolute atomic E-state index is 13.6. The van der Waals surface area contributed by atoms with E-state index >= 15 is 0 Å². The molecule has 0 fully saturated rings. The third-order valence-electron chi connectivity index (χ3n) is 3.18. The van der Waals surface area contributed by atoms with Crippen LogP contribution in [0.4, 0.5) is 14.7 Å². The Bertz CT molecular complexity index is 956. The lowest BCUT2D eigenvalue weighted by Gasteiger charge is -2.04. The zero-order chi connectivity index (χ0) is 17.2. The zero-order valence-electron chi connectivity index (χ0n) is 12.2. The van der Waals surface area contributed by atoms with Crippen molar-refractivity contribution < 1.29 is 17.2 Å². The van der Waals surface area contributed by atoms with Gasteiger partial charge in [-0.15, -0.1) is 5.10 Å². The summed E-state index contributed by atoms with van der Waals surface area (Å²) in [6.07, 6.45) is 1.29. The van der Waals surface area contributed by atoms with E-state index in [9.17, 15) is 17.2 Å². The summed E-state index contributed by atoms with van der Waals surface area (Å²) in [6, 6.07) is 10.5. The van der Waals surface area contributed by atoms with E-state index in [0.29, 0.717) is 5.56 Å². The highest BCUT2D eigenvalue weighted by atomic mass is 32.2. The first-order valence-corrected chi connectivity index (χ1v) is 8.33. The van der Waals surface area contributed by atoms with E-state index in [1.165, 1.54) is 17.1 Å². The van der Waals surface area contributed by atoms with Crippen molar-refractivity contribution in [2.24, 2.45) is 0 Å². The average Bonchev–Trinajstić information content (AvgIpc) is 2.96. The number of sulfonamides is 1. The van der Waals surface area contributed by atoms with Crippen LogP contribution in [0.15, 0.2) is 59.8 Å². The molecule has 0 saturated heterocycles. The summed E-state index contributed by atoms with van der Waals surface area (Å²) in [7, 11) is -3.93. The van der Waals surface area contributed by atoms with Gasteiger partial charge in [-0.2, -0.15) is 4.98 Å². The smallest absolute Gasteiger partial charge is 0.246 e.